The third kappa shape index (κ3) is 2.87. The Balaban J connectivity index is 1.51. The summed E-state index contributed by atoms with van der Waals surface area (Å²) in [5.74, 6) is 0.603. The Hall–Kier alpha value is -3.73. The predicted octanol–water partition coefficient (Wildman–Crippen LogP) is 4.76. The number of hydrogen-bond donors (Lipinski definition) is 0. The van der Waals surface area contributed by atoms with Gasteiger partial charge in [0.05, 0.1) is 16.6 Å². The second-order valence-corrected chi connectivity index (χ2v) is 6.69. The van der Waals surface area contributed by atoms with Crippen LogP contribution in [0.4, 0.5) is 0 Å². The van der Waals surface area contributed by atoms with E-state index in [1.165, 1.54) is 0 Å². The highest BCUT2D eigenvalue weighted by molar-refractivity contribution is 5.92. The number of hydrogen-bond acceptors (Lipinski definition) is 4. The van der Waals surface area contributed by atoms with Crippen LogP contribution in [0.3, 0.4) is 0 Å². The van der Waals surface area contributed by atoms with Crippen LogP contribution in [0.25, 0.3) is 33.1 Å². The van der Waals surface area contributed by atoms with Crippen LogP contribution in [0.1, 0.15) is 5.56 Å². The molecule has 0 radical (unpaired) electrons. The molecule has 1 aromatic carbocycles. The van der Waals surface area contributed by atoms with Gasteiger partial charge in [0.2, 0.25) is 5.88 Å². The molecule has 4 aromatic heterocycles. The highest BCUT2D eigenvalue weighted by atomic mass is 16.5. The zero-order valence-corrected chi connectivity index (χ0v) is 15.4. The molecule has 0 spiro atoms. The molecule has 5 nitrogen and oxygen atoms in total. The van der Waals surface area contributed by atoms with Gasteiger partial charge in [0.25, 0.3) is 0 Å². The first-order chi connectivity index (χ1) is 13.8. The summed E-state index contributed by atoms with van der Waals surface area (Å²) in [7, 11) is 2.03. The van der Waals surface area contributed by atoms with Crippen molar-refractivity contribution in [3.8, 4) is 17.0 Å². The largest absolute Gasteiger partial charge is 0.472 e. The van der Waals surface area contributed by atoms with Gasteiger partial charge in [-0.05, 0) is 42.0 Å². The molecular formula is C23H18N4O. The molecule has 0 unspecified atom stereocenters. The van der Waals surface area contributed by atoms with Gasteiger partial charge in [-0.3, -0.25) is 4.98 Å². The predicted molar refractivity (Wildman–Crippen MR) is 110 cm³/mol. The monoisotopic (exact) mass is 366 g/mol. The van der Waals surface area contributed by atoms with E-state index in [-0.39, 0.29) is 0 Å². The first kappa shape index (κ1) is 16.4. The van der Waals surface area contributed by atoms with Crippen LogP contribution in [-0.4, -0.2) is 19.5 Å². The summed E-state index contributed by atoms with van der Waals surface area (Å²) in [5, 5.41) is 1.13. The molecule has 136 valence electrons. The zero-order chi connectivity index (χ0) is 18.9. The van der Waals surface area contributed by atoms with Crippen molar-refractivity contribution in [2.45, 2.75) is 6.61 Å². The van der Waals surface area contributed by atoms with Crippen LogP contribution in [0.5, 0.6) is 5.88 Å². The summed E-state index contributed by atoms with van der Waals surface area (Å²) < 4.78 is 8.22. The second kappa shape index (κ2) is 6.78. The van der Waals surface area contributed by atoms with Gasteiger partial charge >= 0.3 is 0 Å². The smallest absolute Gasteiger partial charge is 0.221 e. The van der Waals surface area contributed by atoms with Crippen molar-refractivity contribution in [2.24, 2.45) is 7.05 Å². The molecule has 5 rings (SSSR count). The number of rotatable bonds is 4. The standard InChI is InChI=1S/C23H18N4O/c1-27-14-18(22-21(27)13-17-5-2-3-7-20(17)26-22)15-28-23-19(6-4-10-25-23)16-8-11-24-12-9-16/h2-14H,15H2,1H3. The maximum atomic E-state index is 6.13. The lowest BCUT2D eigenvalue weighted by molar-refractivity contribution is 0.296. The molecule has 5 heteroatoms. The van der Waals surface area contributed by atoms with E-state index in [2.05, 4.69) is 32.9 Å². The topological polar surface area (TPSA) is 52.8 Å². The number of nitrogens with zero attached hydrogens (tertiary/aromatic N) is 4. The Morgan fingerprint density at radius 2 is 1.82 bits per heavy atom. The fourth-order valence-electron chi connectivity index (χ4n) is 3.48. The molecule has 0 saturated carbocycles. The summed E-state index contributed by atoms with van der Waals surface area (Å²) >= 11 is 0. The molecule has 0 fully saturated rings. The Labute approximate surface area is 162 Å². The van der Waals surface area contributed by atoms with Gasteiger partial charge in [-0.1, -0.05) is 18.2 Å². The van der Waals surface area contributed by atoms with Crippen molar-refractivity contribution in [2.75, 3.05) is 0 Å². The molecule has 0 aliphatic heterocycles. The number of aromatic nitrogens is 4. The first-order valence-electron chi connectivity index (χ1n) is 9.11. The van der Waals surface area contributed by atoms with Crippen molar-refractivity contribution in [3.63, 3.8) is 0 Å². The van der Waals surface area contributed by atoms with Gasteiger partial charge in [-0.25, -0.2) is 9.97 Å². The van der Waals surface area contributed by atoms with E-state index in [1.54, 1.807) is 18.6 Å². The molecule has 0 amide bonds. The normalized spacial score (nSPS) is 11.2. The summed E-state index contributed by atoms with van der Waals surface area (Å²) in [6.07, 6.45) is 7.36. The van der Waals surface area contributed by atoms with Crippen LogP contribution in [0.2, 0.25) is 0 Å². The van der Waals surface area contributed by atoms with Crippen LogP contribution >= 0.6 is 0 Å². The van der Waals surface area contributed by atoms with Gasteiger partial charge in [0.15, 0.2) is 0 Å². The Morgan fingerprint density at radius 1 is 0.964 bits per heavy atom. The third-order valence-corrected chi connectivity index (χ3v) is 4.86. The Morgan fingerprint density at radius 3 is 2.71 bits per heavy atom. The number of fused-ring (bicyclic) bond motifs is 2. The summed E-state index contributed by atoms with van der Waals surface area (Å²) in [6, 6.07) is 18.2. The SMILES string of the molecule is Cn1cc(COc2ncccc2-c2ccncc2)c2nc3ccccc3cc21. The molecule has 28 heavy (non-hydrogen) atoms. The molecule has 0 saturated heterocycles. The van der Waals surface area contributed by atoms with Crippen molar-refractivity contribution < 1.29 is 4.74 Å². The van der Waals surface area contributed by atoms with Crippen LogP contribution in [-0.2, 0) is 13.7 Å². The minimum absolute atomic E-state index is 0.401. The van der Waals surface area contributed by atoms with Crippen LogP contribution in [0.15, 0.2) is 79.4 Å². The molecule has 0 bridgehead atoms. The number of aryl methyl sites for hydroxylation is 1. The minimum Gasteiger partial charge on any atom is -0.472 e. The fourth-order valence-corrected chi connectivity index (χ4v) is 3.48. The number of para-hydroxylation sites is 1. The van der Waals surface area contributed by atoms with Gasteiger partial charge in [0, 0.05) is 48.3 Å². The highest BCUT2D eigenvalue weighted by Crippen LogP contribution is 2.29. The van der Waals surface area contributed by atoms with E-state index in [0.29, 0.717) is 12.5 Å². The third-order valence-electron chi connectivity index (χ3n) is 4.86. The summed E-state index contributed by atoms with van der Waals surface area (Å²) in [6.45, 7) is 0.401. The lowest BCUT2D eigenvalue weighted by Gasteiger charge is -2.10. The van der Waals surface area contributed by atoms with Crippen molar-refractivity contribution in [1.29, 1.82) is 0 Å². The van der Waals surface area contributed by atoms with Crippen molar-refractivity contribution in [1.82, 2.24) is 19.5 Å². The molecule has 4 heterocycles. The van der Waals surface area contributed by atoms with Crippen molar-refractivity contribution >= 4 is 21.9 Å². The van der Waals surface area contributed by atoms with Gasteiger partial charge < -0.3 is 9.30 Å². The number of ether oxygens (including phenoxy) is 1. The quantitative estimate of drug-likeness (QED) is 0.460. The van der Waals surface area contributed by atoms with E-state index >= 15 is 0 Å². The van der Waals surface area contributed by atoms with Crippen LogP contribution in [0, 0.1) is 0 Å². The molecule has 0 aliphatic rings. The lowest BCUT2D eigenvalue weighted by Crippen LogP contribution is -1.99. The summed E-state index contributed by atoms with van der Waals surface area (Å²) in [4.78, 5) is 13.4. The summed E-state index contributed by atoms with van der Waals surface area (Å²) in [5.41, 5.74) is 6.05. The maximum absolute atomic E-state index is 6.13. The average molecular weight is 366 g/mol. The Kier molecular flexibility index (Phi) is 3.98. The lowest BCUT2D eigenvalue weighted by atomic mass is 10.1. The van der Waals surface area contributed by atoms with Gasteiger partial charge in [0.1, 0.15) is 6.61 Å². The number of pyridine rings is 3. The molecular weight excluding hydrogens is 348 g/mol. The van der Waals surface area contributed by atoms with Gasteiger partial charge in [-0.2, -0.15) is 0 Å². The number of benzene rings is 1. The molecule has 0 atom stereocenters. The molecule has 0 N–H and O–H groups in total. The Bertz CT molecular complexity index is 1280. The minimum atomic E-state index is 0.401. The van der Waals surface area contributed by atoms with E-state index in [0.717, 1.165) is 38.6 Å². The first-order valence-corrected chi connectivity index (χ1v) is 9.11. The highest BCUT2D eigenvalue weighted by Gasteiger charge is 2.13. The zero-order valence-electron chi connectivity index (χ0n) is 15.4. The molecule has 0 aliphatic carbocycles. The van der Waals surface area contributed by atoms with Gasteiger partial charge in [-0.15, -0.1) is 0 Å². The van der Waals surface area contributed by atoms with Crippen molar-refractivity contribution in [3.05, 3.63) is 84.9 Å². The maximum Gasteiger partial charge on any atom is 0.221 e. The van der Waals surface area contributed by atoms with E-state index in [4.69, 9.17) is 9.72 Å². The van der Waals surface area contributed by atoms with Crippen LogP contribution < -0.4 is 4.74 Å². The second-order valence-electron chi connectivity index (χ2n) is 6.69. The molecule has 5 aromatic rings. The fraction of sp³-hybridized carbons (Fsp3) is 0.0870. The van der Waals surface area contributed by atoms with E-state index in [1.807, 2.05) is 49.5 Å². The van der Waals surface area contributed by atoms with E-state index in [9.17, 15) is 0 Å². The average Bonchev–Trinajstić information content (AvgIpc) is 3.06. The van der Waals surface area contributed by atoms with E-state index < -0.39 is 0 Å².